The predicted octanol–water partition coefficient (Wildman–Crippen LogP) is 4.65. The van der Waals surface area contributed by atoms with E-state index >= 15 is 0 Å². The average molecular weight is 377 g/mol. The minimum atomic E-state index is 0.0244. The van der Waals surface area contributed by atoms with Crippen LogP contribution in [0.25, 0.3) is 0 Å². The maximum absolute atomic E-state index is 12.7. The minimum Gasteiger partial charge on any atom is -0.337 e. The van der Waals surface area contributed by atoms with Crippen LogP contribution in [0.2, 0.25) is 10.0 Å². The van der Waals surface area contributed by atoms with Gasteiger partial charge in [0.2, 0.25) is 0 Å². The van der Waals surface area contributed by atoms with Crippen LogP contribution >= 0.6 is 23.2 Å². The lowest BCUT2D eigenvalue weighted by atomic mass is 10.1. The van der Waals surface area contributed by atoms with Crippen LogP contribution in [0, 0.1) is 6.92 Å². The molecule has 0 spiro atoms. The van der Waals surface area contributed by atoms with Gasteiger partial charge in [-0.05, 0) is 42.7 Å². The third kappa shape index (κ3) is 4.55. The minimum absolute atomic E-state index is 0.0244. The second kappa shape index (κ2) is 8.22. The molecule has 1 fully saturated rings. The van der Waals surface area contributed by atoms with Gasteiger partial charge in [0.15, 0.2) is 0 Å². The van der Waals surface area contributed by atoms with Gasteiger partial charge in [-0.2, -0.15) is 0 Å². The summed E-state index contributed by atoms with van der Waals surface area (Å²) in [7, 11) is 0. The number of hydrogen-bond acceptors (Lipinski definition) is 2. The molecule has 0 saturated carbocycles. The first-order valence-electron chi connectivity index (χ1n) is 8.56. The van der Waals surface area contributed by atoms with Crippen molar-refractivity contribution < 1.29 is 4.79 Å². The Balaban J connectivity index is 1.64. The lowest BCUT2D eigenvalue weighted by Gasteiger charge is -2.23. The van der Waals surface area contributed by atoms with Gasteiger partial charge in [-0.15, -0.1) is 0 Å². The molecule has 1 aliphatic rings. The molecule has 0 radical (unpaired) electrons. The standard InChI is InChI=1S/C20H22Cl2N2O/c1-15-5-2-3-6-17(15)14-23-9-4-10-24(12-11-23)20(25)16-7-8-18(21)19(22)13-16/h2-3,5-8,13H,4,9-12,14H2,1H3. The third-order valence-electron chi connectivity index (χ3n) is 4.70. The van der Waals surface area contributed by atoms with E-state index in [0.29, 0.717) is 15.6 Å². The first-order chi connectivity index (χ1) is 12.0. The van der Waals surface area contributed by atoms with Crippen LogP contribution in [0.5, 0.6) is 0 Å². The number of halogens is 2. The highest BCUT2D eigenvalue weighted by Crippen LogP contribution is 2.23. The molecule has 25 heavy (non-hydrogen) atoms. The van der Waals surface area contributed by atoms with Crippen LogP contribution in [0.15, 0.2) is 42.5 Å². The van der Waals surface area contributed by atoms with E-state index in [1.807, 2.05) is 4.90 Å². The first kappa shape index (κ1) is 18.2. The Kier molecular flexibility index (Phi) is 6.00. The topological polar surface area (TPSA) is 23.6 Å². The molecule has 3 nitrogen and oxygen atoms in total. The normalized spacial score (nSPS) is 15.9. The van der Waals surface area contributed by atoms with Gasteiger partial charge >= 0.3 is 0 Å². The first-order valence-corrected chi connectivity index (χ1v) is 9.31. The molecule has 1 aliphatic heterocycles. The van der Waals surface area contributed by atoms with Gasteiger partial charge < -0.3 is 4.90 Å². The van der Waals surface area contributed by atoms with Crippen LogP contribution < -0.4 is 0 Å². The number of carbonyl (C=O) groups is 1. The summed E-state index contributed by atoms with van der Waals surface area (Å²) in [6.07, 6.45) is 0.971. The highest BCUT2D eigenvalue weighted by atomic mass is 35.5. The molecule has 1 heterocycles. The molecule has 132 valence electrons. The predicted molar refractivity (Wildman–Crippen MR) is 103 cm³/mol. The number of hydrogen-bond donors (Lipinski definition) is 0. The van der Waals surface area contributed by atoms with Crippen molar-refractivity contribution in [1.82, 2.24) is 9.80 Å². The fourth-order valence-corrected chi connectivity index (χ4v) is 3.47. The number of benzene rings is 2. The molecule has 1 amide bonds. The van der Waals surface area contributed by atoms with Crippen LogP contribution in [0.4, 0.5) is 0 Å². The van der Waals surface area contributed by atoms with Crippen molar-refractivity contribution in [1.29, 1.82) is 0 Å². The Hall–Kier alpha value is -1.55. The number of aryl methyl sites for hydroxylation is 1. The maximum atomic E-state index is 12.7. The van der Waals surface area contributed by atoms with Gasteiger partial charge in [-0.25, -0.2) is 0 Å². The second-order valence-corrected chi connectivity index (χ2v) is 7.29. The summed E-state index contributed by atoms with van der Waals surface area (Å²) in [6.45, 7) is 6.45. The van der Waals surface area contributed by atoms with Crippen LogP contribution in [0.1, 0.15) is 27.9 Å². The Morgan fingerprint density at radius 1 is 1.00 bits per heavy atom. The van der Waals surface area contributed by atoms with Gasteiger partial charge in [0, 0.05) is 38.3 Å². The van der Waals surface area contributed by atoms with E-state index in [4.69, 9.17) is 23.2 Å². The molecule has 0 aliphatic carbocycles. The Bertz CT molecular complexity index is 763. The molecule has 2 aromatic rings. The summed E-state index contributed by atoms with van der Waals surface area (Å²) in [5, 5.41) is 0.891. The molecule has 0 unspecified atom stereocenters. The zero-order valence-corrected chi connectivity index (χ0v) is 15.9. The van der Waals surface area contributed by atoms with Crippen molar-refractivity contribution in [3.63, 3.8) is 0 Å². The van der Waals surface area contributed by atoms with Gasteiger partial charge in [0.25, 0.3) is 5.91 Å². The largest absolute Gasteiger partial charge is 0.337 e. The number of nitrogens with zero attached hydrogens (tertiary/aromatic N) is 2. The molecular formula is C20H22Cl2N2O. The molecule has 0 aromatic heterocycles. The van der Waals surface area contributed by atoms with E-state index in [1.165, 1.54) is 11.1 Å². The molecule has 0 N–H and O–H groups in total. The Morgan fingerprint density at radius 3 is 2.56 bits per heavy atom. The molecule has 1 saturated heterocycles. The van der Waals surface area contributed by atoms with E-state index in [0.717, 1.165) is 39.1 Å². The van der Waals surface area contributed by atoms with E-state index in [-0.39, 0.29) is 5.91 Å². The van der Waals surface area contributed by atoms with E-state index in [9.17, 15) is 4.79 Å². The molecule has 0 bridgehead atoms. The molecular weight excluding hydrogens is 355 g/mol. The van der Waals surface area contributed by atoms with E-state index in [1.54, 1.807) is 18.2 Å². The molecule has 2 aromatic carbocycles. The lowest BCUT2D eigenvalue weighted by Crippen LogP contribution is -2.35. The van der Waals surface area contributed by atoms with Crippen molar-refractivity contribution >= 4 is 29.1 Å². The summed E-state index contributed by atoms with van der Waals surface area (Å²) >= 11 is 12.0. The summed E-state index contributed by atoms with van der Waals surface area (Å²) in [6, 6.07) is 13.6. The van der Waals surface area contributed by atoms with Gasteiger partial charge in [0.1, 0.15) is 0 Å². The second-order valence-electron chi connectivity index (χ2n) is 6.48. The van der Waals surface area contributed by atoms with Gasteiger partial charge in [-0.1, -0.05) is 47.5 Å². The summed E-state index contributed by atoms with van der Waals surface area (Å²) in [5.41, 5.74) is 3.27. The Labute approximate surface area is 159 Å². The SMILES string of the molecule is Cc1ccccc1CN1CCCN(C(=O)c2ccc(Cl)c(Cl)c2)CC1. The fraction of sp³-hybridized carbons (Fsp3) is 0.350. The summed E-state index contributed by atoms with van der Waals surface area (Å²) in [5.74, 6) is 0.0244. The summed E-state index contributed by atoms with van der Waals surface area (Å²) < 4.78 is 0. The van der Waals surface area contributed by atoms with Crippen LogP contribution in [0.3, 0.4) is 0 Å². The lowest BCUT2D eigenvalue weighted by molar-refractivity contribution is 0.0761. The van der Waals surface area contributed by atoms with Crippen molar-refractivity contribution in [2.45, 2.75) is 19.9 Å². The third-order valence-corrected chi connectivity index (χ3v) is 5.44. The molecule has 5 heteroatoms. The number of carbonyl (C=O) groups excluding carboxylic acids is 1. The maximum Gasteiger partial charge on any atom is 0.253 e. The van der Waals surface area contributed by atoms with Crippen LogP contribution in [-0.4, -0.2) is 41.9 Å². The quantitative estimate of drug-likeness (QED) is 0.778. The fourth-order valence-electron chi connectivity index (χ4n) is 3.17. The highest BCUT2D eigenvalue weighted by molar-refractivity contribution is 6.42. The van der Waals surface area contributed by atoms with Gasteiger partial charge in [0.05, 0.1) is 10.0 Å². The van der Waals surface area contributed by atoms with Crippen molar-refractivity contribution in [3.05, 3.63) is 69.2 Å². The number of amides is 1. The van der Waals surface area contributed by atoms with Crippen molar-refractivity contribution in [2.24, 2.45) is 0 Å². The Morgan fingerprint density at radius 2 is 1.80 bits per heavy atom. The average Bonchev–Trinajstić information content (AvgIpc) is 2.84. The van der Waals surface area contributed by atoms with Crippen molar-refractivity contribution in [3.8, 4) is 0 Å². The highest BCUT2D eigenvalue weighted by Gasteiger charge is 2.21. The van der Waals surface area contributed by atoms with E-state index < -0.39 is 0 Å². The summed E-state index contributed by atoms with van der Waals surface area (Å²) in [4.78, 5) is 17.1. The van der Waals surface area contributed by atoms with Gasteiger partial charge in [-0.3, -0.25) is 9.69 Å². The van der Waals surface area contributed by atoms with Crippen molar-refractivity contribution in [2.75, 3.05) is 26.2 Å². The monoisotopic (exact) mass is 376 g/mol. The zero-order chi connectivity index (χ0) is 17.8. The smallest absolute Gasteiger partial charge is 0.253 e. The molecule has 0 atom stereocenters. The zero-order valence-electron chi connectivity index (χ0n) is 14.3. The molecule has 3 rings (SSSR count). The van der Waals surface area contributed by atoms with Crippen LogP contribution in [-0.2, 0) is 6.54 Å². The van der Waals surface area contributed by atoms with E-state index in [2.05, 4.69) is 36.1 Å². The number of rotatable bonds is 3.